The van der Waals surface area contributed by atoms with Crippen molar-refractivity contribution in [2.45, 2.75) is 148 Å². The van der Waals surface area contributed by atoms with Gasteiger partial charge in [0.1, 0.15) is 0 Å². The second-order valence-electron chi connectivity index (χ2n) is 9.01. The van der Waals surface area contributed by atoms with Crippen molar-refractivity contribution in [1.82, 2.24) is 0 Å². The largest absolute Gasteiger partial charge is 0.469 e. The van der Waals surface area contributed by atoms with Gasteiger partial charge < -0.3 is 9.47 Å². The van der Waals surface area contributed by atoms with Gasteiger partial charge in [0.25, 0.3) is 0 Å². The predicted octanol–water partition coefficient (Wildman–Crippen LogP) is 8.30. The van der Waals surface area contributed by atoms with Crippen LogP contribution >= 0.6 is 0 Å². The number of esters is 2. The molecular weight excluding hydrogens is 388 g/mol. The quantitative estimate of drug-likeness (QED) is 0.112. The van der Waals surface area contributed by atoms with E-state index in [9.17, 15) is 9.59 Å². The lowest BCUT2D eigenvalue weighted by Gasteiger charge is -2.05. The number of unbranched alkanes of at least 4 members (excludes halogenated alkanes) is 18. The van der Waals surface area contributed by atoms with Crippen LogP contribution in [0.1, 0.15) is 148 Å². The molecule has 184 valence electrons. The first-order valence-electron chi connectivity index (χ1n) is 13.4. The molecule has 0 amide bonds. The minimum atomic E-state index is -0.0801. The second kappa shape index (κ2) is 25.2. The Kier molecular flexibility index (Phi) is 24.3. The van der Waals surface area contributed by atoms with Crippen LogP contribution in [-0.4, -0.2) is 25.7 Å². The molecule has 0 aliphatic rings. The summed E-state index contributed by atoms with van der Waals surface area (Å²) in [5.41, 5.74) is 0. The zero-order chi connectivity index (χ0) is 22.8. The smallest absolute Gasteiger partial charge is 0.305 e. The van der Waals surface area contributed by atoms with E-state index in [1.807, 2.05) is 0 Å². The minimum absolute atomic E-state index is 0.00307. The van der Waals surface area contributed by atoms with Gasteiger partial charge in [0.15, 0.2) is 0 Å². The number of hydrogen-bond donors (Lipinski definition) is 0. The molecule has 4 nitrogen and oxygen atoms in total. The number of carbonyl (C=O) groups is 2. The van der Waals surface area contributed by atoms with Gasteiger partial charge in [-0.1, -0.05) is 116 Å². The van der Waals surface area contributed by atoms with Crippen molar-refractivity contribution in [3.05, 3.63) is 0 Å². The van der Waals surface area contributed by atoms with Gasteiger partial charge in [-0.3, -0.25) is 9.59 Å². The highest BCUT2D eigenvalue weighted by Gasteiger charge is 2.02. The summed E-state index contributed by atoms with van der Waals surface area (Å²) in [5.74, 6) is -0.0832. The summed E-state index contributed by atoms with van der Waals surface area (Å²) in [5, 5.41) is 0. The van der Waals surface area contributed by atoms with Gasteiger partial charge in [0.05, 0.1) is 13.7 Å². The molecule has 0 spiro atoms. The Morgan fingerprint density at radius 3 is 1.26 bits per heavy atom. The fraction of sp³-hybridized carbons (Fsp3) is 0.926. The van der Waals surface area contributed by atoms with Gasteiger partial charge in [-0.2, -0.15) is 0 Å². The predicted molar refractivity (Wildman–Crippen MR) is 130 cm³/mol. The Bertz CT molecular complexity index is 395. The number of methoxy groups -OCH3 is 1. The van der Waals surface area contributed by atoms with Crippen molar-refractivity contribution in [3.63, 3.8) is 0 Å². The van der Waals surface area contributed by atoms with E-state index in [4.69, 9.17) is 4.74 Å². The van der Waals surface area contributed by atoms with Gasteiger partial charge in [-0.25, -0.2) is 0 Å². The highest BCUT2D eigenvalue weighted by Crippen LogP contribution is 2.14. The Labute approximate surface area is 193 Å². The molecule has 0 bridgehead atoms. The SMILES string of the molecule is CCCCCCCOC(=O)CCCCCCCCCCCCCCCCCC(=O)OC. The summed E-state index contributed by atoms with van der Waals surface area (Å²) in [4.78, 5) is 22.7. The van der Waals surface area contributed by atoms with Crippen LogP contribution < -0.4 is 0 Å². The number of rotatable bonds is 24. The second-order valence-corrected chi connectivity index (χ2v) is 9.01. The molecule has 31 heavy (non-hydrogen) atoms. The maximum absolute atomic E-state index is 11.7. The van der Waals surface area contributed by atoms with Crippen molar-refractivity contribution in [1.29, 1.82) is 0 Å². The van der Waals surface area contributed by atoms with Gasteiger partial charge in [0, 0.05) is 12.8 Å². The standard InChI is InChI=1S/C27H52O4/c1-3-4-5-19-22-25-31-27(29)24-21-18-16-14-12-10-8-6-7-9-11-13-15-17-20-23-26(28)30-2/h3-25H2,1-2H3. The van der Waals surface area contributed by atoms with Crippen LogP contribution in [0.15, 0.2) is 0 Å². The van der Waals surface area contributed by atoms with E-state index in [-0.39, 0.29) is 11.9 Å². The molecule has 0 rings (SSSR count). The number of hydrogen-bond acceptors (Lipinski definition) is 4. The molecule has 0 aromatic carbocycles. The van der Waals surface area contributed by atoms with E-state index < -0.39 is 0 Å². The topological polar surface area (TPSA) is 52.6 Å². The third-order valence-corrected chi connectivity index (χ3v) is 6.00. The van der Waals surface area contributed by atoms with Gasteiger partial charge in [-0.05, 0) is 19.3 Å². The molecule has 0 heterocycles. The summed E-state index contributed by atoms with van der Waals surface area (Å²) in [6.45, 7) is 2.82. The van der Waals surface area contributed by atoms with Gasteiger partial charge >= 0.3 is 11.9 Å². The van der Waals surface area contributed by atoms with Crippen LogP contribution in [0, 0.1) is 0 Å². The first-order chi connectivity index (χ1) is 15.2. The fourth-order valence-corrected chi connectivity index (χ4v) is 3.90. The molecule has 0 saturated carbocycles. The van der Waals surface area contributed by atoms with Crippen LogP contribution in [0.25, 0.3) is 0 Å². The van der Waals surface area contributed by atoms with Crippen molar-refractivity contribution >= 4 is 11.9 Å². The van der Waals surface area contributed by atoms with Crippen molar-refractivity contribution in [3.8, 4) is 0 Å². The maximum atomic E-state index is 11.7. The summed E-state index contributed by atoms with van der Waals surface area (Å²) in [6.07, 6.45) is 26.0. The average Bonchev–Trinajstić information content (AvgIpc) is 2.77. The summed E-state index contributed by atoms with van der Waals surface area (Å²) in [7, 11) is 1.46. The van der Waals surface area contributed by atoms with Gasteiger partial charge in [0.2, 0.25) is 0 Å². The summed E-state index contributed by atoms with van der Waals surface area (Å²) in [6, 6.07) is 0. The molecule has 0 saturated heterocycles. The minimum Gasteiger partial charge on any atom is -0.469 e. The first-order valence-corrected chi connectivity index (χ1v) is 13.4. The van der Waals surface area contributed by atoms with Crippen LogP contribution in [0.4, 0.5) is 0 Å². The van der Waals surface area contributed by atoms with Gasteiger partial charge in [-0.15, -0.1) is 0 Å². The number of ether oxygens (including phenoxy) is 2. The molecule has 0 aliphatic carbocycles. The molecule has 0 aromatic rings. The zero-order valence-electron chi connectivity index (χ0n) is 20.9. The molecule has 0 aliphatic heterocycles. The maximum Gasteiger partial charge on any atom is 0.305 e. The molecule has 0 fully saturated rings. The zero-order valence-corrected chi connectivity index (χ0v) is 20.9. The molecule has 0 radical (unpaired) electrons. The Balaban J connectivity index is 3.13. The Morgan fingerprint density at radius 1 is 0.484 bits per heavy atom. The lowest BCUT2D eigenvalue weighted by atomic mass is 10.0. The summed E-state index contributed by atoms with van der Waals surface area (Å²) < 4.78 is 9.95. The third kappa shape index (κ3) is 25.1. The molecule has 0 N–H and O–H groups in total. The van der Waals surface area contributed by atoms with Crippen LogP contribution in [0.2, 0.25) is 0 Å². The highest BCUT2D eigenvalue weighted by molar-refractivity contribution is 5.69. The number of carbonyl (C=O) groups excluding carboxylic acids is 2. The van der Waals surface area contributed by atoms with Crippen molar-refractivity contribution < 1.29 is 19.1 Å². The van der Waals surface area contributed by atoms with E-state index in [1.165, 1.54) is 103 Å². The van der Waals surface area contributed by atoms with Crippen LogP contribution in [0.5, 0.6) is 0 Å². The van der Waals surface area contributed by atoms with Crippen molar-refractivity contribution in [2.75, 3.05) is 13.7 Å². The molecule has 0 aromatic heterocycles. The summed E-state index contributed by atoms with van der Waals surface area (Å²) >= 11 is 0. The molecule has 4 heteroatoms. The highest BCUT2D eigenvalue weighted by atomic mass is 16.5. The first kappa shape index (κ1) is 29.9. The fourth-order valence-electron chi connectivity index (χ4n) is 3.90. The van der Waals surface area contributed by atoms with E-state index in [1.54, 1.807) is 0 Å². The van der Waals surface area contributed by atoms with E-state index >= 15 is 0 Å². The Morgan fingerprint density at radius 2 is 0.839 bits per heavy atom. The molecule has 0 unspecified atom stereocenters. The van der Waals surface area contributed by atoms with Crippen LogP contribution in [-0.2, 0) is 19.1 Å². The lowest BCUT2D eigenvalue weighted by molar-refractivity contribution is -0.144. The van der Waals surface area contributed by atoms with Crippen molar-refractivity contribution in [2.24, 2.45) is 0 Å². The van der Waals surface area contributed by atoms with Crippen LogP contribution in [0.3, 0.4) is 0 Å². The molecular formula is C27H52O4. The monoisotopic (exact) mass is 440 g/mol. The average molecular weight is 441 g/mol. The lowest BCUT2D eigenvalue weighted by Crippen LogP contribution is -2.05. The Hall–Kier alpha value is -1.06. The molecule has 0 atom stereocenters. The third-order valence-electron chi connectivity index (χ3n) is 6.00. The van der Waals surface area contributed by atoms with E-state index in [0.29, 0.717) is 19.4 Å². The van der Waals surface area contributed by atoms with E-state index in [0.717, 1.165) is 32.1 Å². The normalized spacial score (nSPS) is 10.9. The van der Waals surface area contributed by atoms with E-state index in [2.05, 4.69) is 11.7 Å².